The number of hydrogen-bond donors (Lipinski definition) is 0. The Morgan fingerprint density at radius 1 is 1.41 bits per heavy atom. The highest BCUT2D eigenvalue weighted by atomic mass is 32.2. The summed E-state index contributed by atoms with van der Waals surface area (Å²) in [5.41, 5.74) is 0.733. The number of alkyl halides is 2. The molecule has 0 atom stereocenters. The van der Waals surface area contributed by atoms with E-state index in [4.69, 9.17) is 4.74 Å². The zero-order valence-electron chi connectivity index (χ0n) is 14.8. The van der Waals surface area contributed by atoms with Gasteiger partial charge in [0.05, 0.1) is 18.9 Å². The second-order valence-corrected chi connectivity index (χ2v) is 6.98. The number of benzene rings is 1. The van der Waals surface area contributed by atoms with Crippen molar-refractivity contribution in [2.75, 3.05) is 19.9 Å². The SMILES string of the molecule is COc1cc(CN(C)C(=O)CSc2nnnn2C2CC2)ccc1OC(F)F. The van der Waals surface area contributed by atoms with Gasteiger partial charge in [-0.15, -0.1) is 5.10 Å². The van der Waals surface area contributed by atoms with Gasteiger partial charge in [-0.1, -0.05) is 17.8 Å². The van der Waals surface area contributed by atoms with E-state index >= 15 is 0 Å². The lowest BCUT2D eigenvalue weighted by molar-refractivity contribution is -0.127. The van der Waals surface area contributed by atoms with E-state index in [0.717, 1.165) is 18.4 Å². The molecule has 1 saturated carbocycles. The maximum absolute atomic E-state index is 12.4. The van der Waals surface area contributed by atoms with Crippen LogP contribution in [0.5, 0.6) is 11.5 Å². The molecule has 1 amide bonds. The highest BCUT2D eigenvalue weighted by Crippen LogP contribution is 2.36. The summed E-state index contributed by atoms with van der Waals surface area (Å²) in [6, 6.07) is 4.93. The third-order valence-corrected chi connectivity index (χ3v) is 4.89. The van der Waals surface area contributed by atoms with Gasteiger partial charge in [0.15, 0.2) is 11.5 Å². The molecule has 0 spiro atoms. The number of carbonyl (C=O) groups excluding carboxylic acids is 1. The lowest BCUT2D eigenvalue weighted by atomic mass is 10.2. The Morgan fingerprint density at radius 2 is 2.19 bits per heavy atom. The van der Waals surface area contributed by atoms with Crippen molar-refractivity contribution in [3.8, 4) is 11.5 Å². The van der Waals surface area contributed by atoms with Crippen molar-refractivity contribution in [1.82, 2.24) is 25.1 Å². The number of ether oxygens (including phenoxy) is 2. The molecule has 1 heterocycles. The maximum atomic E-state index is 12.4. The van der Waals surface area contributed by atoms with Crippen LogP contribution in [-0.4, -0.2) is 57.5 Å². The van der Waals surface area contributed by atoms with Crippen LogP contribution in [0.15, 0.2) is 23.4 Å². The van der Waals surface area contributed by atoms with Crippen LogP contribution in [0.25, 0.3) is 0 Å². The normalized spacial score (nSPS) is 13.7. The molecule has 0 saturated heterocycles. The van der Waals surface area contributed by atoms with Crippen molar-refractivity contribution < 1.29 is 23.0 Å². The smallest absolute Gasteiger partial charge is 0.387 e. The van der Waals surface area contributed by atoms with E-state index in [9.17, 15) is 13.6 Å². The van der Waals surface area contributed by atoms with E-state index in [1.807, 2.05) is 0 Å². The number of hydrogen-bond acceptors (Lipinski definition) is 7. The van der Waals surface area contributed by atoms with E-state index in [1.54, 1.807) is 28.8 Å². The first-order valence-corrected chi connectivity index (χ1v) is 9.23. The molecule has 0 unspecified atom stereocenters. The Bertz CT molecular complexity index is 800. The van der Waals surface area contributed by atoms with Gasteiger partial charge in [-0.2, -0.15) is 8.78 Å². The quantitative estimate of drug-likeness (QED) is 0.599. The number of amides is 1. The van der Waals surface area contributed by atoms with Gasteiger partial charge in [0.25, 0.3) is 0 Å². The van der Waals surface area contributed by atoms with Crippen molar-refractivity contribution in [2.45, 2.75) is 37.2 Å². The van der Waals surface area contributed by atoms with Crippen LogP contribution in [-0.2, 0) is 11.3 Å². The van der Waals surface area contributed by atoms with Crippen molar-refractivity contribution >= 4 is 17.7 Å². The molecule has 146 valence electrons. The fourth-order valence-electron chi connectivity index (χ4n) is 2.43. The van der Waals surface area contributed by atoms with Crippen molar-refractivity contribution in [2.24, 2.45) is 0 Å². The number of halogens is 2. The Kier molecular flexibility index (Phi) is 6.09. The molecule has 3 rings (SSSR count). The summed E-state index contributed by atoms with van der Waals surface area (Å²) < 4.78 is 36.0. The van der Waals surface area contributed by atoms with Crippen LogP contribution < -0.4 is 9.47 Å². The van der Waals surface area contributed by atoms with Crippen LogP contribution in [0.1, 0.15) is 24.4 Å². The molecule has 1 aromatic carbocycles. The lowest BCUT2D eigenvalue weighted by Crippen LogP contribution is -2.28. The predicted molar refractivity (Wildman–Crippen MR) is 92.9 cm³/mol. The number of carbonyl (C=O) groups is 1. The molecule has 0 N–H and O–H groups in total. The van der Waals surface area contributed by atoms with Crippen molar-refractivity contribution in [3.05, 3.63) is 23.8 Å². The minimum Gasteiger partial charge on any atom is -0.493 e. The summed E-state index contributed by atoms with van der Waals surface area (Å²) in [6.45, 7) is -2.63. The lowest BCUT2D eigenvalue weighted by Gasteiger charge is -2.18. The molecule has 1 aliphatic carbocycles. The zero-order chi connectivity index (χ0) is 19.4. The molecule has 27 heavy (non-hydrogen) atoms. The second kappa shape index (κ2) is 8.51. The molecule has 8 nitrogen and oxygen atoms in total. The molecule has 0 bridgehead atoms. The number of methoxy groups -OCH3 is 1. The number of nitrogens with zero attached hydrogens (tertiary/aromatic N) is 5. The summed E-state index contributed by atoms with van der Waals surface area (Å²) in [5.74, 6) is 0.240. The third kappa shape index (κ3) is 5.06. The molecule has 0 radical (unpaired) electrons. The van der Waals surface area contributed by atoms with Gasteiger partial charge in [0, 0.05) is 13.6 Å². The van der Waals surface area contributed by atoms with Crippen molar-refractivity contribution in [1.29, 1.82) is 0 Å². The Hall–Kier alpha value is -2.43. The number of aromatic nitrogens is 4. The van der Waals surface area contributed by atoms with Gasteiger partial charge < -0.3 is 14.4 Å². The molecule has 11 heteroatoms. The first-order chi connectivity index (χ1) is 13.0. The van der Waals surface area contributed by atoms with E-state index in [1.165, 1.54) is 24.9 Å². The molecular weight excluding hydrogens is 380 g/mol. The van der Waals surface area contributed by atoms with E-state index in [-0.39, 0.29) is 23.2 Å². The fraction of sp³-hybridized carbons (Fsp3) is 0.500. The van der Waals surface area contributed by atoms with Gasteiger partial charge in [-0.25, -0.2) is 4.68 Å². The van der Waals surface area contributed by atoms with Crippen LogP contribution in [0.2, 0.25) is 0 Å². The summed E-state index contributed by atoms with van der Waals surface area (Å²) in [5, 5.41) is 12.2. The molecule has 1 aliphatic rings. The van der Waals surface area contributed by atoms with Crippen molar-refractivity contribution in [3.63, 3.8) is 0 Å². The summed E-state index contributed by atoms with van der Waals surface area (Å²) in [6.07, 6.45) is 2.11. The Balaban J connectivity index is 1.56. The zero-order valence-corrected chi connectivity index (χ0v) is 15.7. The van der Waals surface area contributed by atoms with Crippen LogP contribution in [0, 0.1) is 0 Å². The monoisotopic (exact) mass is 399 g/mol. The summed E-state index contributed by atoms with van der Waals surface area (Å²) >= 11 is 1.29. The van der Waals surface area contributed by atoms with Gasteiger partial charge in [0.1, 0.15) is 0 Å². The minimum absolute atomic E-state index is 0.0484. The summed E-state index contributed by atoms with van der Waals surface area (Å²) in [4.78, 5) is 13.9. The topological polar surface area (TPSA) is 82.4 Å². The van der Waals surface area contributed by atoms with Crippen LogP contribution in [0.4, 0.5) is 8.78 Å². The largest absolute Gasteiger partial charge is 0.493 e. The van der Waals surface area contributed by atoms with E-state index in [2.05, 4.69) is 20.3 Å². The van der Waals surface area contributed by atoms with Gasteiger partial charge in [-0.05, 0) is 41.0 Å². The predicted octanol–water partition coefficient (Wildman–Crippen LogP) is 2.37. The molecule has 0 aliphatic heterocycles. The highest BCUT2D eigenvalue weighted by molar-refractivity contribution is 7.99. The molecule has 1 fully saturated rings. The van der Waals surface area contributed by atoms with E-state index in [0.29, 0.717) is 17.7 Å². The number of thioether (sulfide) groups is 1. The minimum atomic E-state index is -2.93. The Morgan fingerprint density at radius 3 is 2.85 bits per heavy atom. The summed E-state index contributed by atoms with van der Waals surface area (Å²) in [7, 11) is 3.04. The van der Waals surface area contributed by atoms with Gasteiger partial charge >= 0.3 is 6.61 Å². The average Bonchev–Trinajstić information content (AvgIpc) is 3.38. The first kappa shape index (κ1) is 19.3. The highest BCUT2D eigenvalue weighted by Gasteiger charge is 2.28. The standard InChI is InChI=1S/C16H19F2N5O3S/c1-22(8-10-3-6-12(26-15(17)18)13(7-10)25-2)14(24)9-27-16-19-20-21-23(16)11-4-5-11/h3,6-7,11,15H,4-5,8-9H2,1-2H3. The Labute approximate surface area is 158 Å². The second-order valence-electron chi connectivity index (χ2n) is 6.04. The third-order valence-electron chi connectivity index (χ3n) is 3.97. The number of tetrazole rings is 1. The molecule has 2 aromatic rings. The number of rotatable bonds is 9. The fourth-order valence-corrected chi connectivity index (χ4v) is 3.32. The van der Waals surface area contributed by atoms with Crippen LogP contribution in [0.3, 0.4) is 0 Å². The van der Waals surface area contributed by atoms with Gasteiger partial charge in [-0.3, -0.25) is 4.79 Å². The van der Waals surface area contributed by atoms with Gasteiger partial charge in [0.2, 0.25) is 11.1 Å². The molecular formula is C16H19F2N5O3S. The maximum Gasteiger partial charge on any atom is 0.387 e. The average molecular weight is 399 g/mol. The van der Waals surface area contributed by atoms with E-state index < -0.39 is 6.61 Å². The van der Waals surface area contributed by atoms with Crippen LogP contribution >= 0.6 is 11.8 Å². The first-order valence-electron chi connectivity index (χ1n) is 8.24. The molecule has 1 aromatic heterocycles.